The van der Waals surface area contributed by atoms with Crippen LogP contribution in [0.1, 0.15) is 5.69 Å². The molecule has 0 saturated heterocycles. The molecular formula is C10H11BrN4O2. The van der Waals surface area contributed by atoms with Crippen LogP contribution in [0.3, 0.4) is 0 Å². The summed E-state index contributed by atoms with van der Waals surface area (Å²) < 4.78 is 12.9. The van der Waals surface area contributed by atoms with Crippen LogP contribution >= 0.6 is 15.9 Å². The third kappa shape index (κ3) is 2.55. The number of aromatic nitrogens is 4. The highest BCUT2D eigenvalue weighted by atomic mass is 79.9. The molecule has 0 aliphatic carbocycles. The van der Waals surface area contributed by atoms with Crippen LogP contribution in [0.2, 0.25) is 0 Å². The SMILES string of the molecule is COc1nc(Oc2cc(C)nn2C)ncc1Br. The number of ether oxygens (including phenoxy) is 2. The van der Waals surface area contributed by atoms with Gasteiger partial charge in [-0.25, -0.2) is 9.67 Å². The zero-order valence-electron chi connectivity index (χ0n) is 9.64. The number of hydrogen-bond donors (Lipinski definition) is 0. The number of methoxy groups -OCH3 is 1. The van der Waals surface area contributed by atoms with Crippen molar-refractivity contribution in [2.75, 3.05) is 7.11 Å². The molecule has 0 fully saturated rings. The van der Waals surface area contributed by atoms with Gasteiger partial charge < -0.3 is 9.47 Å². The van der Waals surface area contributed by atoms with Crippen LogP contribution in [0.4, 0.5) is 0 Å². The topological polar surface area (TPSA) is 62.1 Å². The van der Waals surface area contributed by atoms with Crippen molar-refractivity contribution in [1.29, 1.82) is 0 Å². The van der Waals surface area contributed by atoms with Crippen LogP contribution < -0.4 is 9.47 Å². The molecule has 2 aromatic heterocycles. The van der Waals surface area contributed by atoms with Crippen LogP contribution in [-0.2, 0) is 7.05 Å². The van der Waals surface area contributed by atoms with Crippen LogP contribution in [0.25, 0.3) is 0 Å². The smallest absolute Gasteiger partial charge is 0.326 e. The molecule has 0 aromatic carbocycles. The molecule has 7 heteroatoms. The van der Waals surface area contributed by atoms with Crippen molar-refractivity contribution in [3.05, 3.63) is 22.4 Å². The van der Waals surface area contributed by atoms with E-state index in [1.165, 1.54) is 7.11 Å². The fourth-order valence-corrected chi connectivity index (χ4v) is 1.66. The van der Waals surface area contributed by atoms with Gasteiger partial charge in [-0.1, -0.05) is 0 Å². The number of hydrogen-bond acceptors (Lipinski definition) is 5. The molecule has 2 rings (SSSR count). The third-order valence-electron chi connectivity index (χ3n) is 2.04. The summed E-state index contributed by atoms with van der Waals surface area (Å²) in [6, 6.07) is 2.02. The molecule has 0 saturated carbocycles. The quantitative estimate of drug-likeness (QED) is 0.868. The summed E-state index contributed by atoms with van der Waals surface area (Å²) in [5.74, 6) is 1.00. The highest BCUT2D eigenvalue weighted by Crippen LogP contribution is 2.25. The van der Waals surface area contributed by atoms with E-state index in [4.69, 9.17) is 9.47 Å². The second-order valence-electron chi connectivity index (χ2n) is 3.36. The largest absolute Gasteiger partial charge is 0.480 e. The Hall–Kier alpha value is -1.63. The van der Waals surface area contributed by atoms with Gasteiger partial charge in [0.1, 0.15) is 0 Å². The van der Waals surface area contributed by atoms with Crippen LogP contribution in [0.15, 0.2) is 16.7 Å². The molecule has 0 atom stereocenters. The van der Waals surface area contributed by atoms with E-state index in [-0.39, 0.29) is 6.01 Å². The van der Waals surface area contributed by atoms with Crippen LogP contribution in [0, 0.1) is 6.92 Å². The Morgan fingerprint density at radius 1 is 1.41 bits per heavy atom. The van der Waals surface area contributed by atoms with Gasteiger partial charge in [0, 0.05) is 13.1 Å². The molecule has 0 aliphatic rings. The van der Waals surface area contributed by atoms with Crippen molar-refractivity contribution in [1.82, 2.24) is 19.7 Å². The van der Waals surface area contributed by atoms with Crippen LogP contribution in [0.5, 0.6) is 17.8 Å². The van der Waals surface area contributed by atoms with Crippen molar-refractivity contribution in [3.8, 4) is 17.8 Å². The molecule has 0 spiro atoms. The van der Waals surface area contributed by atoms with Gasteiger partial charge in [0.15, 0.2) is 0 Å². The Labute approximate surface area is 107 Å². The lowest BCUT2D eigenvalue weighted by Gasteiger charge is -2.05. The predicted molar refractivity (Wildman–Crippen MR) is 64.3 cm³/mol. The fraction of sp³-hybridized carbons (Fsp3) is 0.300. The number of halogens is 1. The zero-order chi connectivity index (χ0) is 12.4. The summed E-state index contributed by atoms with van der Waals surface area (Å²) in [5.41, 5.74) is 0.867. The number of nitrogens with zero attached hydrogens (tertiary/aromatic N) is 4. The molecule has 2 aromatic rings. The normalized spacial score (nSPS) is 10.4. The molecule has 0 aliphatic heterocycles. The average Bonchev–Trinajstić information content (AvgIpc) is 2.60. The van der Waals surface area contributed by atoms with Gasteiger partial charge in [0.05, 0.1) is 23.5 Å². The lowest BCUT2D eigenvalue weighted by atomic mass is 10.5. The third-order valence-corrected chi connectivity index (χ3v) is 2.58. The maximum Gasteiger partial charge on any atom is 0.326 e. The van der Waals surface area contributed by atoms with E-state index in [1.54, 1.807) is 24.0 Å². The van der Waals surface area contributed by atoms with Crippen molar-refractivity contribution in [2.24, 2.45) is 7.05 Å². The van der Waals surface area contributed by atoms with Gasteiger partial charge in [-0.15, -0.1) is 0 Å². The van der Waals surface area contributed by atoms with Crippen molar-refractivity contribution in [3.63, 3.8) is 0 Å². The summed E-state index contributed by atoms with van der Waals surface area (Å²) in [6.07, 6.45) is 1.57. The molecule has 90 valence electrons. The molecule has 6 nitrogen and oxygen atoms in total. The summed E-state index contributed by atoms with van der Waals surface area (Å²) >= 11 is 3.27. The lowest BCUT2D eigenvalue weighted by Crippen LogP contribution is -1.99. The summed E-state index contributed by atoms with van der Waals surface area (Å²) in [6.45, 7) is 1.88. The molecule has 0 unspecified atom stereocenters. The molecule has 0 radical (unpaired) electrons. The maximum atomic E-state index is 5.50. The summed E-state index contributed by atoms with van der Waals surface area (Å²) in [4.78, 5) is 8.12. The van der Waals surface area contributed by atoms with E-state index < -0.39 is 0 Å². The minimum absolute atomic E-state index is 0.216. The molecule has 0 bridgehead atoms. The Balaban J connectivity index is 2.27. The van der Waals surface area contributed by atoms with Gasteiger partial charge in [0.2, 0.25) is 11.8 Å². The maximum absolute atomic E-state index is 5.50. The van der Waals surface area contributed by atoms with E-state index in [0.717, 1.165) is 5.69 Å². The lowest BCUT2D eigenvalue weighted by molar-refractivity contribution is 0.361. The first kappa shape index (κ1) is 11.8. The van der Waals surface area contributed by atoms with Crippen molar-refractivity contribution in [2.45, 2.75) is 6.92 Å². The highest BCUT2D eigenvalue weighted by Gasteiger charge is 2.09. The summed E-state index contributed by atoms with van der Waals surface area (Å²) in [7, 11) is 3.32. The monoisotopic (exact) mass is 298 g/mol. The molecule has 0 N–H and O–H groups in total. The Morgan fingerprint density at radius 2 is 2.18 bits per heavy atom. The van der Waals surface area contributed by atoms with Crippen molar-refractivity contribution < 1.29 is 9.47 Å². The van der Waals surface area contributed by atoms with E-state index in [0.29, 0.717) is 16.2 Å². The van der Waals surface area contributed by atoms with E-state index in [2.05, 4.69) is 31.0 Å². The van der Waals surface area contributed by atoms with E-state index >= 15 is 0 Å². The van der Waals surface area contributed by atoms with E-state index in [1.807, 2.05) is 6.92 Å². The molecule has 0 amide bonds. The fourth-order valence-electron chi connectivity index (χ4n) is 1.30. The van der Waals surface area contributed by atoms with Crippen molar-refractivity contribution >= 4 is 15.9 Å². The van der Waals surface area contributed by atoms with Gasteiger partial charge >= 0.3 is 6.01 Å². The zero-order valence-corrected chi connectivity index (χ0v) is 11.2. The second kappa shape index (κ2) is 4.70. The Morgan fingerprint density at radius 3 is 2.76 bits per heavy atom. The van der Waals surface area contributed by atoms with Gasteiger partial charge in [-0.3, -0.25) is 0 Å². The minimum Gasteiger partial charge on any atom is -0.480 e. The first-order valence-corrected chi connectivity index (χ1v) is 5.64. The first-order chi connectivity index (χ1) is 8.10. The van der Waals surface area contributed by atoms with Gasteiger partial charge in [-0.05, 0) is 22.9 Å². The Kier molecular flexibility index (Phi) is 3.28. The Bertz CT molecular complexity index is 541. The first-order valence-electron chi connectivity index (χ1n) is 4.85. The molecule has 2 heterocycles. The minimum atomic E-state index is 0.216. The van der Waals surface area contributed by atoms with Gasteiger partial charge in [-0.2, -0.15) is 10.1 Å². The number of aryl methyl sites for hydroxylation is 2. The van der Waals surface area contributed by atoms with Gasteiger partial charge in [0.25, 0.3) is 0 Å². The second-order valence-corrected chi connectivity index (χ2v) is 4.21. The van der Waals surface area contributed by atoms with Crippen LogP contribution in [-0.4, -0.2) is 26.9 Å². The highest BCUT2D eigenvalue weighted by molar-refractivity contribution is 9.10. The summed E-state index contributed by atoms with van der Waals surface area (Å²) in [5, 5.41) is 4.16. The molecule has 17 heavy (non-hydrogen) atoms. The molecular weight excluding hydrogens is 288 g/mol. The standard InChI is InChI=1S/C10H11BrN4O2/c1-6-4-8(15(2)14-6)17-10-12-5-7(11)9(13-10)16-3/h4-5H,1-3H3. The predicted octanol–water partition coefficient (Wildman–Crippen LogP) is 2.08. The van der Waals surface area contributed by atoms with E-state index in [9.17, 15) is 0 Å². The average molecular weight is 299 g/mol. The number of rotatable bonds is 3.